The Morgan fingerprint density at radius 2 is 2.10 bits per heavy atom. The molecule has 0 aliphatic carbocycles. The third kappa shape index (κ3) is 2.34. The Morgan fingerprint density at radius 3 is 2.85 bits per heavy atom. The molecule has 4 nitrogen and oxygen atoms in total. The molecule has 0 spiro atoms. The molecule has 6 heteroatoms. The molecule has 1 aromatic heterocycles. The molecule has 2 aromatic rings. The van der Waals surface area contributed by atoms with E-state index in [1.165, 1.54) is 18.3 Å². The topological polar surface area (TPSA) is 42.4 Å². The maximum absolute atomic E-state index is 13.3. The molecular formula is C14H12ClFN2O2. The Morgan fingerprint density at radius 1 is 1.35 bits per heavy atom. The van der Waals surface area contributed by atoms with Crippen LogP contribution in [0.25, 0.3) is 10.9 Å². The van der Waals surface area contributed by atoms with Crippen LogP contribution in [-0.2, 0) is 4.74 Å². The fraction of sp³-hybridized carbons (Fsp3) is 0.286. The number of pyridine rings is 1. The summed E-state index contributed by atoms with van der Waals surface area (Å²) in [5.41, 5.74) is 0.863. The van der Waals surface area contributed by atoms with Gasteiger partial charge in [-0.25, -0.2) is 4.39 Å². The van der Waals surface area contributed by atoms with Gasteiger partial charge in [-0.2, -0.15) is 0 Å². The van der Waals surface area contributed by atoms with Crippen LogP contribution < -0.4 is 0 Å². The van der Waals surface area contributed by atoms with Crippen molar-refractivity contribution in [2.24, 2.45) is 0 Å². The van der Waals surface area contributed by atoms with E-state index in [0.29, 0.717) is 42.8 Å². The predicted octanol–water partition coefficient (Wildman–Crippen LogP) is 2.50. The van der Waals surface area contributed by atoms with Crippen molar-refractivity contribution < 1.29 is 13.9 Å². The Bertz CT molecular complexity index is 672. The largest absolute Gasteiger partial charge is 0.378 e. The highest BCUT2D eigenvalue weighted by molar-refractivity contribution is 6.38. The highest BCUT2D eigenvalue weighted by Crippen LogP contribution is 2.27. The van der Waals surface area contributed by atoms with Crippen LogP contribution in [0.1, 0.15) is 10.4 Å². The third-order valence-corrected chi connectivity index (χ3v) is 3.70. The molecule has 1 aromatic carbocycles. The number of aromatic nitrogens is 1. The van der Waals surface area contributed by atoms with Crippen LogP contribution in [0.15, 0.2) is 24.4 Å². The third-order valence-electron chi connectivity index (χ3n) is 3.29. The lowest BCUT2D eigenvalue weighted by Gasteiger charge is -2.27. The first kappa shape index (κ1) is 13.3. The SMILES string of the molecule is O=C(c1cnc2ccc(F)cc2c1Cl)N1CCOCC1. The van der Waals surface area contributed by atoms with Crippen LogP contribution in [0.2, 0.25) is 5.02 Å². The van der Waals surface area contributed by atoms with Gasteiger partial charge in [0, 0.05) is 24.7 Å². The van der Waals surface area contributed by atoms with Crippen molar-refractivity contribution in [3.05, 3.63) is 40.8 Å². The van der Waals surface area contributed by atoms with Gasteiger partial charge in [0.25, 0.3) is 5.91 Å². The summed E-state index contributed by atoms with van der Waals surface area (Å²) in [5, 5.41) is 0.691. The van der Waals surface area contributed by atoms with Crippen molar-refractivity contribution in [1.29, 1.82) is 0 Å². The molecule has 3 rings (SSSR count). The molecular weight excluding hydrogens is 283 g/mol. The number of morpholine rings is 1. The number of fused-ring (bicyclic) bond motifs is 1. The summed E-state index contributed by atoms with van der Waals surface area (Å²) in [6, 6.07) is 4.15. The average molecular weight is 295 g/mol. The Labute approximate surface area is 120 Å². The molecule has 20 heavy (non-hydrogen) atoms. The summed E-state index contributed by atoms with van der Waals surface area (Å²) < 4.78 is 18.5. The van der Waals surface area contributed by atoms with Gasteiger partial charge in [0.05, 0.1) is 29.3 Å². The second kappa shape index (κ2) is 5.34. The fourth-order valence-corrected chi connectivity index (χ4v) is 2.50. The number of ether oxygens (including phenoxy) is 1. The van der Waals surface area contributed by atoms with Gasteiger partial charge in [-0.1, -0.05) is 11.6 Å². The second-order valence-corrected chi connectivity index (χ2v) is 4.93. The van der Waals surface area contributed by atoms with Crippen molar-refractivity contribution in [2.75, 3.05) is 26.3 Å². The maximum Gasteiger partial charge on any atom is 0.257 e. The molecule has 1 amide bonds. The van der Waals surface area contributed by atoms with E-state index >= 15 is 0 Å². The number of carbonyl (C=O) groups excluding carboxylic acids is 1. The molecule has 0 atom stereocenters. The second-order valence-electron chi connectivity index (χ2n) is 4.55. The molecule has 0 unspecified atom stereocenters. The van der Waals surface area contributed by atoms with E-state index in [9.17, 15) is 9.18 Å². The average Bonchev–Trinajstić information content (AvgIpc) is 2.48. The van der Waals surface area contributed by atoms with E-state index in [0.717, 1.165) is 0 Å². The van der Waals surface area contributed by atoms with Gasteiger partial charge in [-0.3, -0.25) is 9.78 Å². The van der Waals surface area contributed by atoms with E-state index < -0.39 is 5.82 Å². The number of hydrogen-bond donors (Lipinski definition) is 0. The molecule has 1 aliphatic rings. The maximum atomic E-state index is 13.3. The number of carbonyl (C=O) groups is 1. The Kier molecular flexibility index (Phi) is 3.54. The highest BCUT2D eigenvalue weighted by Gasteiger charge is 2.22. The van der Waals surface area contributed by atoms with Crippen LogP contribution in [0.5, 0.6) is 0 Å². The zero-order valence-corrected chi connectivity index (χ0v) is 11.4. The molecule has 1 fully saturated rings. The summed E-state index contributed by atoms with van der Waals surface area (Å²) >= 11 is 6.24. The van der Waals surface area contributed by atoms with Gasteiger partial charge >= 0.3 is 0 Å². The number of hydrogen-bond acceptors (Lipinski definition) is 3. The van der Waals surface area contributed by atoms with Crippen molar-refractivity contribution in [3.8, 4) is 0 Å². The van der Waals surface area contributed by atoms with Crippen molar-refractivity contribution >= 4 is 28.4 Å². The predicted molar refractivity (Wildman–Crippen MR) is 73.4 cm³/mol. The summed E-state index contributed by atoms with van der Waals surface area (Å²) in [4.78, 5) is 18.2. The van der Waals surface area contributed by atoms with Gasteiger partial charge in [0.2, 0.25) is 0 Å². The lowest BCUT2D eigenvalue weighted by atomic mass is 10.1. The van der Waals surface area contributed by atoms with Crippen molar-refractivity contribution in [1.82, 2.24) is 9.88 Å². The van der Waals surface area contributed by atoms with Gasteiger partial charge < -0.3 is 9.64 Å². The van der Waals surface area contributed by atoms with Crippen LogP contribution in [0.3, 0.4) is 0 Å². The van der Waals surface area contributed by atoms with E-state index in [4.69, 9.17) is 16.3 Å². The number of nitrogens with zero attached hydrogens (tertiary/aromatic N) is 2. The molecule has 2 heterocycles. The molecule has 1 saturated heterocycles. The zero-order chi connectivity index (χ0) is 14.1. The molecule has 1 aliphatic heterocycles. The van der Waals surface area contributed by atoms with E-state index in [2.05, 4.69) is 4.98 Å². The first-order valence-electron chi connectivity index (χ1n) is 6.27. The molecule has 0 N–H and O–H groups in total. The van der Waals surface area contributed by atoms with Crippen LogP contribution in [-0.4, -0.2) is 42.1 Å². The van der Waals surface area contributed by atoms with Crippen LogP contribution in [0.4, 0.5) is 4.39 Å². The summed E-state index contributed by atoms with van der Waals surface area (Å²) in [7, 11) is 0. The minimum Gasteiger partial charge on any atom is -0.378 e. The standard InChI is InChI=1S/C14H12ClFN2O2/c15-13-10-7-9(16)1-2-12(10)17-8-11(13)14(19)18-3-5-20-6-4-18/h1-2,7-8H,3-6H2. The van der Waals surface area contributed by atoms with Gasteiger partial charge in [-0.05, 0) is 18.2 Å². The number of amides is 1. The van der Waals surface area contributed by atoms with Crippen molar-refractivity contribution in [2.45, 2.75) is 0 Å². The monoisotopic (exact) mass is 294 g/mol. The smallest absolute Gasteiger partial charge is 0.257 e. The van der Waals surface area contributed by atoms with Gasteiger partial charge in [0.1, 0.15) is 5.82 Å². The highest BCUT2D eigenvalue weighted by atomic mass is 35.5. The van der Waals surface area contributed by atoms with Crippen molar-refractivity contribution in [3.63, 3.8) is 0 Å². The van der Waals surface area contributed by atoms with E-state index in [1.54, 1.807) is 11.0 Å². The molecule has 0 saturated carbocycles. The first-order chi connectivity index (χ1) is 9.66. The minimum absolute atomic E-state index is 0.197. The quantitative estimate of drug-likeness (QED) is 0.811. The zero-order valence-electron chi connectivity index (χ0n) is 10.6. The first-order valence-corrected chi connectivity index (χ1v) is 6.65. The number of halogens is 2. The normalized spacial score (nSPS) is 15.6. The van der Waals surface area contributed by atoms with Gasteiger partial charge in [-0.15, -0.1) is 0 Å². The number of rotatable bonds is 1. The lowest BCUT2D eigenvalue weighted by molar-refractivity contribution is 0.0303. The van der Waals surface area contributed by atoms with Crippen LogP contribution in [0, 0.1) is 5.82 Å². The minimum atomic E-state index is -0.405. The molecule has 104 valence electrons. The lowest BCUT2D eigenvalue weighted by Crippen LogP contribution is -2.40. The van der Waals surface area contributed by atoms with E-state index in [1.807, 2.05) is 0 Å². The molecule has 0 bridgehead atoms. The summed E-state index contributed by atoms with van der Waals surface area (Å²) in [6.07, 6.45) is 1.44. The summed E-state index contributed by atoms with van der Waals surface area (Å²) in [5.74, 6) is -0.603. The van der Waals surface area contributed by atoms with Gasteiger partial charge in [0.15, 0.2) is 0 Å². The Hall–Kier alpha value is -1.72. The van der Waals surface area contributed by atoms with E-state index in [-0.39, 0.29) is 10.9 Å². The summed E-state index contributed by atoms with van der Waals surface area (Å²) in [6.45, 7) is 2.07. The molecule has 0 radical (unpaired) electrons. The fourth-order valence-electron chi connectivity index (χ4n) is 2.22. The van der Waals surface area contributed by atoms with Crippen LogP contribution >= 0.6 is 11.6 Å². The Balaban J connectivity index is 2.02. The number of benzene rings is 1.